The lowest BCUT2D eigenvalue weighted by Crippen LogP contribution is -2.47. The van der Waals surface area contributed by atoms with Gasteiger partial charge in [-0.15, -0.1) is 0 Å². The molecule has 5 atom stereocenters. The largest absolute Gasteiger partial charge is 0.396 e. The molecule has 0 radical (unpaired) electrons. The maximum Gasteiger partial charge on any atom is 0.225 e. The van der Waals surface area contributed by atoms with Gasteiger partial charge in [0.25, 0.3) is 0 Å². The average molecular weight is 273 g/mol. The molecule has 110 valence electrons. The molecule has 0 aliphatic carbocycles. The highest BCUT2D eigenvalue weighted by Gasteiger charge is 2.55. The van der Waals surface area contributed by atoms with Gasteiger partial charge in [-0.2, -0.15) is 0 Å². The number of carbonyl (C=O) groups is 1. The van der Waals surface area contributed by atoms with Gasteiger partial charge >= 0.3 is 0 Å². The Bertz CT molecular complexity index is 309. The molecule has 5 unspecified atom stereocenters. The summed E-state index contributed by atoms with van der Waals surface area (Å²) in [4.78, 5) is 12.0. The van der Waals surface area contributed by atoms with Gasteiger partial charge in [-0.05, 0) is 19.3 Å². The fraction of sp³-hybridized carbons (Fsp3) is 0.923. The van der Waals surface area contributed by atoms with Crippen LogP contribution >= 0.6 is 0 Å². The SMILES string of the molecule is O=C(NCCCCCCO)C1CC2OC1C(O)C2O. The predicted molar refractivity (Wildman–Crippen MR) is 67.3 cm³/mol. The number of hydrogen-bond acceptors (Lipinski definition) is 5. The Labute approximate surface area is 112 Å². The van der Waals surface area contributed by atoms with E-state index in [2.05, 4.69) is 5.32 Å². The van der Waals surface area contributed by atoms with E-state index in [1.807, 2.05) is 0 Å². The molecule has 4 N–H and O–H groups in total. The molecular weight excluding hydrogens is 250 g/mol. The van der Waals surface area contributed by atoms with Crippen LogP contribution in [-0.2, 0) is 9.53 Å². The van der Waals surface area contributed by atoms with Gasteiger partial charge < -0.3 is 25.4 Å². The number of aliphatic hydroxyl groups excluding tert-OH is 3. The van der Waals surface area contributed by atoms with E-state index >= 15 is 0 Å². The van der Waals surface area contributed by atoms with Crippen LogP contribution in [0.2, 0.25) is 0 Å². The van der Waals surface area contributed by atoms with Crippen LogP contribution in [0, 0.1) is 5.92 Å². The van der Waals surface area contributed by atoms with Crippen molar-refractivity contribution >= 4 is 5.91 Å². The number of rotatable bonds is 7. The molecule has 2 heterocycles. The number of nitrogens with one attached hydrogen (secondary N) is 1. The smallest absolute Gasteiger partial charge is 0.225 e. The summed E-state index contributed by atoms with van der Waals surface area (Å²) in [5.41, 5.74) is 0. The van der Waals surface area contributed by atoms with Crippen molar-refractivity contribution in [1.29, 1.82) is 0 Å². The zero-order chi connectivity index (χ0) is 13.8. The van der Waals surface area contributed by atoms with Crippen molar-refractivity contribution in [3.05, 3.63) is 0 Å². The molecule has 0 aromatic rings. The molecule has 0 saturated carbocycles. The van der Waals surface area contributed by atoms with Crippen LogP contribution in [0.25, 0.3) is 0 Å². The summed E-state index contributed by atoms with van der Waals surface area (Å²) in [6.45, 7) is 0.825. The highest BCUT2D eigenvalue weighted by atomic mass is 16.5. The number of carbonyl (C=O) groups excluding carboxylic acids is 1. The van der Waals surface area contributed by atoms with Gasteiger partial charge in [0, 0.05) is 13.2 Å². The van der Waals surface area contributed by atoms with E-state index in [-0.39, 0.29) is 18.4 Å². The molecule has 2 aliphatic heterocycles. The standard InChI is InChI=1S/C13H23NO5/c15-6-4-2-1-3-5-14-13(18)8-7-9-10(16)11(17)12(8)19-9/h8-12,15-17H,1-7H2,(H,14,18). The molecule has 0 spiro atoms. The van der Waals surface area contributed by atoms with Crippen LogP contribution in [-0.4, -0.2) is 58.8 Å². The molecule has 6 nitrogen and oxygen atoms in total. The predicted octanol–water partition coefficient (Wildman–Crippen LogP) is -0.836. The molecule has 6 heteroatoms. The molecule has 19 heavy (non-hydrogen) atoms. The van der Waals surface area contributed by atoms with Crippen LogP contribution in [0.1, 0.15) is 32.1 Å². The number of unbranched alkanes of at least 4 members (excludes halogenated alkanes) is 3. The van der Waals surface area contributed by atoms with Gasteiger partial charge in [-0.25, -0.2) is 0 Å². The third-order valence-corrected chi connectivity index (χ3v) is 4.00. The van der Waals surface area contributed by atoms with Crippen molar-refractivity contribution in [3.63, 3.8) is 0 Å². The minimum absolute atomic E-state index is 0.0967. The maximum atomic E-state index is 12.0. The second-order valence-electron chi connectivity index (χ2n) is 5.39. The summed E-state index contributed by atoms with van der Waals surface area (Å²) in [5, 5.41) is 30.7. The third-order valence-electron chi connectivity index (χ3n) is 4.00. The van der Waals surface area contributed by atoms with Gasteiger partial charge in [0.15, 0.2) is 0 Å². The first kappa shape index (κ1) is 14.7. The third kappa shape index (κ3) is 3.25. The summed E-state index contributed by atoms with van der Waals surface area (Å²) in [7, 11) is 0. The van der Waals surface area contributed by atoms with Crippen molar-refractivity contribution < 1.29 is 24.9 Å². The van der Waals surface area contributed by atoms with Crippen molar-refractivity contribution in [1.82, 2.24) is 5.32 Å². The quantitative estimate of drug-likeness (QED) is 0.454. The highest BCUT2D eigenvalue weighted by molar-refractivity contribution is 5.80. The summed E-state index contributed by atoms with van der Waals surface area (Å²) in [6, 6.07) is 0. The van der Waals surface area contributed by atoms with Gasteiger partial charge in [0.05, 0.1) is 18.1 Å². The van der Waals surface area contributed by atoms with Gasteiger partial charge in [-0.1, -0.05) is 12.8 Å². The maximum absolute atomic E-state index is 12.0. The zero-order valence-corrected chi connectivity index (χ0v) is 11.0. The van der Waals surface area contributed by atoms with Crippen molar-refractivity contribution in [3.8, 4) is 0 Å². The van der Waals surface area contributed by atoms with Crippen molar-refractivity contribution in [2.75, 3.05) is 13.2 Å². The Morgan fingerprint density at radius 1 is 1.16 bits per heavy atom. The first-order valence-electron chi connectivity index (χ1n) is 7.05. The number of ether oxygens (including phenoxy) is 1. The fourth-order valence-corrected chi connectivity index (χ4v) is 2.88. The number of amides is 1. The van der Waals surface area contributed by atoms with Crippen LogP contribution < -0.4 is 5.32 Å². The van der Waals surface area contributed by atoms with Crippen LogP contribution in [0.3, 0.4) is 0 Å². The summed E-state index contributed by atoms with van der Waals surface area (Å²) < 4.78 is 5.40. The van der Waals surface area contributed by atoms with E-state index in [9.17, 15) is 15.0 Å². The highest BCUT2D eigenvalue weighted by Crippen LogP contribution is 2.39. The second-order valence-corrected chi connectivity index (χ2v) is 5.39. The number of fused-ring (bicyclic) bond motifs is 2. The topological polar surface area (TPSA) is 99.0 Å². The molecule has 2 fully saturated rings. The summed E-state index contributed by atoms with van der Waals surface area (Å²) >= 11 is 0. The molecule has 2 aliphatic rings. The van der Waals surface area contributed by atoms with Crippen LogP contribution in [0.5, 0.6) is 0 Å². The Morgan fingerprint density at radius 3 is 2.53 bits per heavy atom. The lowest BCUT2D eigenvalue weighted by Gasteiger charge is -2.25. The van der Waals surface area contributed by atoms with E-state index in [4.69, 9.17) is 9.84 Å². The normalized spacial score (nSPS) is 36.7. The molecule has 2 rings (SSSR count). The zero-order valence-electron chi connectivity index (χ0n) is 11.0. The Balaban J connectivity index is 1.65. The molecular formula is C13H23NO5. The van der Waals surface area contributed by atoms with Crippen LogP contribution in [0.4, 0.5) is 0 Å². The van der Waals surface area contributed by atoms with E-state index in [0.29, 0.717) is 13.0 Å². The van der Waals surface area contributed by atoms with Crippen molar-refractivity contribution in [2.24, 2.45) is 5.92 Å². The Hall–Kier alpha value is -0.690. The Kier molecular flexibility index (Phi) is 5.15. The Morgan fingerprint density at radius 2 is 1.89 bits per heavy atom. The van der Waals surface area contributed by atoms with Crippen molar-refractivity contribution in [2.45, 2.75) is 56.5 Å². The van der Waals surface area contributed by atoms with Gasteiger partial charge in [-0.3, -0.25) is 4.79 Å². The fourth-order valence-electron chi connectivity index (χ4n) is 2.88. The van der Waals surface area contributed by atoms with Gasteiger partial charge in [0.1, 0.15) is 12.2 Å². The monoisotopic (exact) mass is 273 g/mol. The molecule has 2 bridgehead atoms. The number of hydrogen-bond donors (Lipinski definition) is 4. The molecule has 0 aromatic heterocycles. The van der Waals surface area contributed by atoms with Crippen LogP contribution in [0.15, 0.2) is 0 Å². The molecule has 1 amide bonds. The lowest BCUT2D eigenvalue weighted by molar-refractivity contribution is -0.129. The van der Waals surface area contributed by atoms with E-state index in [1.54, 1.807) is 0 Å². The summed E-state index contributed by atoms with van der Waals surface area (Å²) in [6.07, 6.45) is 1.36. The minimum atomic E-state index is -0.945. The first-order valence-corrected chi connectivity index (χ1v) is 7.05. The lowest BCUT2D eigenvalue weighted by atomic mass is 9.85. The van der Waals surface area contributed by atoms with E-state index in [1.165, 1.54) is 0 Å². The minimum Gasteiger partial charge on any atom is -0.396 e. The second kappa shape index (κ2) is 6.65. The molecule has 0 aromatic carbocycles. The first-order chi connectivity index (χ1) is 9.15. The average Bonchev–Trinajstić information content (AvgIpc) is 2.95. The van der Waals surface area contributed by atoms with Gasteiger partial charge in [0.2, 0.25) is 5.91 Å². The van der Waals surface area contributed by atoms with E-state index < -0.39 is 24.4 Å². The van der Waals surface area contributed by atoms with E-state index in [0.717, 1.165) is 25.7 Å². The number of aliphatic hydroxyl groups is 3. The molecule has 2 saturated heterocycles. The summed E-state index contributed by atoms with van der Waals surface area (Å²) in [5.74, 6) is -0.443.